The summed E-state index contributed by atoms with van der Waals surface area (Å²) in [6.07, 6.45) is 9.58. The van der Waals surface area contributed by atoms with E-state index in [0.717, 1.165) is 29.9 Å². The summed E-state index contributed by atoms with van der Waals surface area (Å²) in [6.45, 7) is 3.02. The first-order chi connectivity index (χ1) is 14.2. The van der Waals surface area contributed by atoms with Crippen LogP contribution < -0.4 is 9.21 Å². The maximum absolute atomic E-state index is 13.3. The predicted molar refractivity (Wildman–Crippen MR) is 130 cm³/mol. The lowest BCUT2D eigenvalue weighted by Crippen LogP contribution is -2.30. The van der Waals surface area contributed by atoms with Crippen molar-refractivity contribution >= 4 is 41.0 Å². The Morgan fingerprint density at radius 2 is 1.90 bits per heavy atom. The highest BCUT2D eigenvalue weighted by atomic mass is 32.2. The zero-order valence-electron chi connectivity index (χ0n) is 17.8. The number of fused-ring (bicyclic) bond motifs is 1. The van der Waals surface area contributed by atoms with Gasteiger partial charge in [-0.15, -0.1) is 11.8 Å². The molecule has 0 fully saturated rings. The molecule has 0 bridgehead atoms. The average molecular weight is 429 g/mol. The molecule has 0 N–H and O–H groups in total. The van der Waals surface area contributed by atoms with Crippen LogP contribution in [0.3, 0.4) is 0 Å². The molecule has 29 heavy (non-hydrogen) atoms. The number of anilines is 2. The summed E-state index contributed by atoms with van der Waals surface area (Å²) in [7, 11) is 2.00. The van der Waals surface area contributed by atoms with Crippen LogP contribution in [0.4, 0.5) is 11.4 Å². The van der Waals surface area contributed by atoms with E-state index >= 15 is 0 Å². The zero-order valence-corrected chi connectivity index (χ0v) is 19.5. The van der Waals surface area contributed by atoms with Crippen LogP contribution in [0.5, 0.6) is 0 Å². The molecule has 0 saturated heterocycles. The molecule has 1 aliphatic rings. The SMILES string of the molecule is CCCCCCCSc1ccc2c(c1)CCN2C(=O)c1ccccc1N(C)SC. The second kappa shape index (κ2) is 11.0. The fourth-order valence-electron chi connectivity index (χ4n) is 3.75. The van der Waals surface area contributed by atoms with Gasteiger partial charge in [-0.25, -0.2) is 0 Å². The van der Waals surface area contributed by atoms with E-state index in [2.05, 4.69) is 25.1 Å². The van der Waals surface area contributed by atoms with Gasteiger partial charge < -0.3 is 9.21 Å². The number of thioether (sulfide) groups is 1. The summed E-state index contributed by atoms with van der Waals surface area (Å²) in [5.41, 5.74) is 4.10. The number of para-hydroxylation sites is 1. The molecular formula is C24H32N2OS2. The predicted octanol–water partition coefficient (Wildman–Crippen LogP) is 6.67. The van der Waals surface area contributed by atoms with Crippen LogP contribution in [0.25, 0.3) is 0 Å². The van der Waals surface area contributed by atoms with Crippen molar-refractivity contribution in [3.05, 3.63) is 53.6 Å². The molecule has 1 heterocycles. The van der Waals surface area contributed by atoms with E-state index in [1.165, 1.54) is 48.3 Å². The fourth-order valence-corrected chi connectivity index (χ4v) is 5.08. The highest BCUT2D eigenvalue weighted by Gasteiger charge is 2.27. The van der Waals surface area contributed by atoms with Gasteiger partial charge in [-0.1, -0.05) is 56.7 Å². The number of hydrogen-bond donors (Lipinski definition) is 0. The van der Waals surface area contributed by atoms with Gasteiger partial charge in [0, 0.05) is 30.4 Å². The number of unbranched alkanes of at least 4 members (excludes halogenated alkanes) is 4. The molecule has 1 aliphatic heterocycles. The van der Waals surface area contributed by atoms with Gasteiger partial charge in [-0.2, -0.15) is 0 Å². The highest BCUT2D eigenvalue weighted by Crippen LogP contribution is 2.35. The fraction of sp³-hybridized carbons (Fsp3) is 0.458. The van der Waals surface area contributed by atoms with E-state index in [9.17, 15) is 4.79 Å². The smallest absolute Gasteiger partial charge is 0.260 e. The number of amides is 1. The number of carbonyl (C=O) groups excluding carboxylic acids is 1. The molecule has 0 unspecified atom stereocenters. The first kappa shape index (κ1) is 22.1. The molecule has 0 atom stereocenters. The molecule has 156 valence electrons. The third-order valence-electron chi connectivity index (χ3n) is 5.46. The molecule has 3 nitrogen and oxygen atoms in total. The Kier molecular flexibility index (Phi) is 8.37. The molecule has 0 aromatic heterocycles. The number of nitrogens with zero attached hydrogens (tertiary/aromatic N) is 2. The van der Waals surface area contributed by atoms with Gasteiger partial charge in [0.1, 0.15) is 0 Å². The summed E-state index contributed by atoms with van der Waals surface area (Å²) in [5, 5.41) is 0. The van der Waals surface area contributed by atoms with Gasteiger partial charge in [0.05, 0.1) is 11.3 Å². The molecule has 1 amide bonds. The second-order valence-corrected chi connectivity index (χ2v) is 9.54. The molecule has 0 aliphatic carbocycles. The lowest BCUT2D eigenvalue weighted by Gasteiger charge is -2.23. The number of hydrogen-bond acceptors (Lipinski definition) is 4. The topological polar surface area (TPSA) is 23.6 Å². The Bertz CT molecular complexity index is 824. The van der Waals surface area contributed by atoms with Gasteiger partial charge >= 0.3 is 0 Å². The minimum absolute atomic E-state index is 0.0941. The van der Waals surface area contributed by atoms with Crippen molar-refractivity contribution in [3.8, 4) is 0 Å². The molecule has 0 radical (unpaired) electrons. The average Bonchev–Trinajstić information content (AvgIpc) is 3.18. The van der Waals surface area contributed by atoms with Gasteiger partial charge in [0.25, 0.3) is 5.91 Å². The van der Waals surface area contributed by atoms with Gasteiger partial charge in [-0.05, 0) is 54.5 Å². The van der Waals surface area contributed by atoms with Crippen molar-refractivity contribution in [1.29, 1.82) is 0 Å². The number of rotatable bonds is 10. The van der Waals surface area contributed by atoms with E-state index in [1.54, 1.807) is 11.9 Å². The van der Waals surface area contributed by atoms with Crippen LogP contribution in [0.1, 0.15) is 54.9 Å². The molecule has 0 spiro atoms. The zero-order chi connectivity index (χ0) is 20.6. The Balaban J connectivity index is 1.66. The third kappa shape index (κ3) is 5.52. The van der Waals surface area contributed by atoms with Crippen molar-refractivity contribution in [1.82, 2.24) is 0 Å². The standard InChI is InChI=1S/C24H32N2OS2/c1-4-5-6-7-10-17-29-20-13-14-22-19(18-20)15-16-26(22)24(27)21-11-8-9-12-23(21)25(2)28-3/h8-9,11-14,18H,4-7,10,15-17H2,1-3H3. The molecule has 2 aromatic carbocycles. The lowest BCUT2D eigenvalue weighted by molar-refractivity contribution is 0.0990. The van der Waals surface area contributed by atoms with Crippen LogP contribution >= 0.6 is 23.7 Å². The first-order valence-electron chi connectivity index (χ1n) is 10.6. The quantitative estimate of drug-likeness (QED) is 0.240. The first-order valence-corrected chi connectivity index (χ1v) is 12.8. The maximum Gasteiger partial charge on any atom is 0.260 e. The van der Waals surface area contributed by atoms with E-state index in [0.29, 0.717) is 0 Å². The van der Waals surface area contributed by atoms with Crippen LogP contribution in [0, 0.1) is 0 Å². The van der Waals surface area contributed by atoms with Crippen LogP contribution in [0.2, 0.25) is 0 Å². The Morgan fingerprint density at radius 1 is 1.10 bits per heavy atom. The van der Waals surface area contributed by atoms with Gasteiger partial charge in [0.2, 0.25) is 0 Å². The van der Waals surface area contributed by atoms with E-state index < -0.39 is 0 Å². The second-order valence-electron chi connectivity index (χ2n) is 7.46. The van der Waals surface area contributed by atoms with E-state index in [1.807, 2.05) is 58.5 Å². The summed E-state index contributed by atoms with van der Waals surface area (Å²) in [5.74, 6) is 1.27. The van der Waals surface area contributed by atoms with Crippen LogP contribution in [-0.4, -0.2) is 31.5 Å². The summed E-state index contributed by atoms with van der Waals surface area (Å²) < 4.78 is 2.05. The molecular weight excluding hydrogens is 396 g/mol. The Hall–Kier alpha value is -1.59. The van der Waals surface area contributed by atoms with Crippen molar-refractivity contribution in [3.63, 3.8) is 0 Å². The number of benzene rings is 2. The van der Waals surface area contributed by atoms with Gasteiger partial charge in [-0.3, -0.25) is 4.79 Å². The summed E-state index contributed by atoms with van der Waals surface area (Å²) >= 11 is 3.56. The van der Waals surface area contributed by atoms with Crippen LogP contribution in [0.15, 0.2) is 47.4 Å². The molecule has 0 saturated carbocycles. The summed E-state index contributed by atoms with van der Waals surface area (Å²) in [6, 6.07) is 14.5. The normalized spacial score (nSPS) is 12.9. The number of carbonyl (C=O) groups is 1. The minimum atomic E-state index is 0.0941. The van der Waals surface area contributed by atoms with Gasteiger partial charge in [0.15, 0.2) is 0 Å². The van der Waals surface area contributed by atoms with Crippen molar-refractivity contribution in [2.45, 2.75) is 50.3 Å². The van der Waals surface area contributed by atoms with Crippen LogP contribution in [-0.2, 0) is 6.42 Å². The lowest BCUT2D eigenvalue weighted by atomic mass is 10.1. The largest absolute Gasteiger partial charge is 0.319 e. The monoisotopic (exact) mass is 428 g/mol. The van der Waals surface area contributed by atoms with E-state index in [-0.39, 0.29) is 5.91 Å². The van der Waals surface area contributed by atoms with Crippen molar-refractivity contribution in [2.24, 2.45) is 0 Å². The Morgan fingerprint density at radius 3 is 2.69 bits per heavy atom. The summed E-state index contributed by atoms with van der Waals surface area (Å²) in [4.78, 5) is 16.6. The molecule has 5 heteroatoms. The maximum atomic E-state index is 13.3. The highest BCUT2D eigenvalue weighted by molar-refractivity contribution is 8.00. The Labute approximate surface area is 184 Å². The van der Waals surface area contributed by atoms with Crippen molar-refractivity contribution in [2.75, 3.05) is 34.8 Å². The van der Waals surface area contributed by atoms with Crippen molar-refractivity contribution < 1.29 is 4.79 Å². The third-order valence-corrected chi connectivity index (χ3v) is 7.28. The molecule has 3 rings (SSSR count). The molecule has 2 aromatic rings. The van der Waals surface area contributed by atoms with E-state index in [4.69, 9.17) is 0 Å². The minimum Gasteiger partial charge on any atom is -0.319 e.